The van der Waals surface area contributed by atoms with Crippen molar-refractivity contribution in [1.82, 2.24) is 5.32 Å². The Labute approximate surface area is 320 Å². The Hall–Kier alpha value is -2.89. The first kappa shape index (κ1) is 49.1. The quantitative estimate of drug-likeness (QED) is 0.0375. The van der Waals surface area contributed by atoms with E-state index in [9.17, 15) is 14.4 Å². The van der Waals surface area contributed by atoms with E-state index in [1.807, 2.05) is 6.08 Å². The number of carbonyl (C=O) groups is 3. The van der Waals surface area contributed by atoms with E-state index in [0.717, 1.165) is 51.4 Å². The summed E-state index contributed by atoms with van der Waals surface area (Å²) in [5, 5.41) is 11.1. The second kappa shape index (κ2) is 40.9. The number of hydrogen-bond donors (Lipinski definition) is 2. The van der Waals surface area contributed by atoms with Gasteiger partial charge in [0.15, 0.2) is 0 Å². The molecule has 52 heavy (non-hydrogen) atoms. The van der Waals surface area contributed by atoms with E-state index in [2.05, 4.69) is 73.8 Å². The van der Waals surface area contributed by atoms with Crippen LogP contribution < -0.4 is 5.32 Å². The molecule has 0 aromatic heterocycles. The first-order valence-electron chi connectivity index (χ1n) is 21.4. The normalized spacial score (nSPS) is 12.7. The van der Waals surface area contributed by atoms with Crippen molar-refractivity contribution >= 4 is 17.8 Å². The van der Waals surface area contributed by atoms with Gasteiger partial charge >= 0.3 is 11.9 Å². The number of allylic oxidation sites excluding steroid dienone is 9. The monoisotopic (exact) mass is 726 g/mol. The van der Waals surface area contributed by atoms with Gasteiger partial charge in [-0.05, 0) is 83.1 Å². The molecule has 1 amide bonds. The van der Waals surface area contributed by atoms with Gasteiger partial charge < -0.3 is 15.2 Å². The number of aliphatic carboxylic acids is 1. The summed E-state index contributed by atoms with van der Waals surface area (Å²) >= 11 is 0. The Morgan fingerprint density at radius 2 is 1.00 bits per heavy atom. The molecule has 0 radical (unpaired) electrons. The number of carboxylic acid groups (broad SMARTS) is 1. The molecular formula is C46H79NO5. The highest BCUT2D eigenvalue weighted by Crippen LogP contribution is 2.15. The second-order valence-electron chi connectivity index (χ2n) is 14.2. The zero-order chi connectivity index (χ0) is 38.0. The number of carbonyl (C=O) groups excluding carboxylic acids is 2. The van der Waals surface area contributed by atoms with Crippen LogP contribution in [-0.2, 0) is 19.1 Å². The molecule has 0 fully saturated rings. The van der Waals surface area contributed by atoms with Crippen LogP contribution >= 0.6 is 0 Å². The number of amides is 1. The molecule has 0 aliphatic carbocycles. The van der Waals surface area contributed by atoms with Crippen molar-refractivity contribution in [2.24, 2.45) is 0 Å². The molecule has 0 bridgehead atoms. The van der Waals surface area contributed by atoms with E-state index in [0.29, 0.717) is 25.7 Å². The Bertz CT molecular complexity index is 979. The first-order valence-corrected chi connectivity index (χ1v) is 21.4. The topological polar surface area (TPSA) is 92.7 Å². The molecular weight excluding hydrogens is 647 g/mol. The van der Waals surface area contributed by atoms with E-state index in [1.165, 1.54) is 109 Å². The Morgan fingerprint density at radius 1 is 0.538 bits per heavy atom. The molecule has 2 N–H and O–H groups in total. The summed E-state index contributed by atoms with van der Waals surface area (Å²) in [5.41, 5.74) is 0. The summed E-state index contributed by atoms with van der Waals surface area (Å²) in [6, 6.07) is 0. The molecule has 0 aliphatic heterocycles. The standard InChI is InChI=1S/C46H79NO5/c1-3-5-7-9-11-13-15-16-17-18-19-20-21-22-23-24-26-28-30-32-37-41-46(51)52-43(39-35-33-36-40-44(48)47-42-45(49)50)38-34-31-29-27-25-14-12-10-8-6-4-2/h6,8,12,14,18-19,27,29,34,38,43H,3-5,7,9-11,13,15-17,20-26,28,30-33,35-37,39-42H2,1-2H3,(H,47,48)(H,49,50)/b8-6-,14-12-,19-18-,29-27-,38-34-. The van der Waals surface area contributed by atoms with Crippen molar-refractivity contribution in [1.29, 1.82) is 0 Å². The van der Waals surface area contributed by atoms with Crippen LogP contribution in [0.3, 0.4) is 0 Å². The lowest BCUT2D eigenvalue weighted by Crippen LogP contribution is -2.28. The molecule has 0 aromatic carbocycles. The van der Waals surface area contributed by atoms with Crippen LogP contribution in [0.4, 0.5) is 0 Å². The van der Waals surface area contributed by atoms with E-state index in [1.54, 1.807) is 0 Å². The zero-order valence-electron chi connectivity index (χ0n) is 33.6. The van der Waals surface area contributed by atoms with E-state index in [-0.39, 0.29) is 24.5 Å². The van der Waals surface area contributed by atoms with Crippen LogP contribution in [0.5, 0.6) is 0 Å². The van der Waals surface area contributed by atoms with Gasteiger partial charge in [0.05, 0.1) is 0 Å². The molecule has 1 unspecified atom stereocenters. The van der Waals surface area contributed by atoms with Crippen molar-refractivity contribution in [3.05, 3.63) is 60.8 Å². The smallest absolute Gasteiger partial charge is 0.322 e. The van der Waals surface area contributed by atoms with Gasteiger partial charge in [-0.25, -0.2) is 0 Å². The second-order valence-corrected chi connectivity index (χ2v) is 14.2. The predicted molar refractivity (Wildman–Crippen MR) is 221 cm³/mol. The summed E-state index contributed by atoms with van der Waals surface area (Å²) in [7, 11) is 0. The number of ether oxygens (including phenoxy) is 1. The van der Waals surface area contributed by atoms with Gasteiger partial charge in [-0.15, -0.1) is 0 Å². The van der Waals surface area contributed by atoms with Crippen LogP contribution in [-0.4, -0.2) is 35.6 Å². The maximum absolute atomic E-state index is 12.7. The highest BCUT2D eigenvalue weighted by molar-refractivity contribution is 5.80. The van der Waals surface area contributed by atoms with Crippen LogP contribution in [0.1, 0.15) is 200 Å². The Balaban J connectivity index is 4.13. The summed E-state index contributed by atoms with van der Waals surface area (Å²) in [6.45, 7) is 4.07. The van der Waals surface area contributed by atoms with Crippen LogP contribution in [0.15, 0.2) is 60.8 Å². The lowest BCUT2D eigenvalue weighted by Gasteiger charge is -2.14. The fourth-order valence-electron chi connectivity index (χ4n) is 6.01. The maximum atomic E-state index is 12.7. The van der Waals surface area contributed by atoms with Gasteiger partial charge in [0.25, 0.3) is 0 Å². The van der Waals surface area contributed by atoms with Crippen molar-refractivity contribution < 1.29 is 24.2 Å². The minimum atomic E-state index is -1.04. The molecule has 0 spiro atoms. The van der Waals surface area contributed by atoms with Gasteiger partial charge in [-0.2, -0.15) is 0 Å². The zero-order valence-corrected chi connectivity index (χ0v) is 33.6. The highest BCUT2D eigenvalue weighted by Gasteiger charge is 2.12. The van der Waals surface area contributed by atoms with Crippen molar-refractivity contribution in [3.8, 4) is 0 Å². The van der Waals surface area contributed by atoms with Crippen molar-refractivity contribution in [3.63, 3.8) is 0 Å². The van der Waals surface area contributed by atoms with Gasteiger partial charge in [0.1, 0.15) is 12.6 Å². The van der Waals surface area contributed by atoms with Gasteiger partial charge in [0.2, 0.25) is 5.91 Å². The number of unbranched alkanes of at least 4 members (excludes halogenated alkanes) is 19. The third-order valence-electron chi connectivity index (χ3n) is 9.16. The molecule has 0 aromatic rings. The van der Waals surface area contributed by atoms with E-state index in [4.69, 9.17) is 9.84 Å². The molecule has 298 valence electrons. The average molecular weight is 726 g/mol. The molecule has 0 aliphatic rings. The minimum absolute atomic E-state index is 0.132. The number of nitrogens with one attached hydrogen (secondary N) is 1. The highest BCUT2D eigenvalue weighted by atomic mass is 16.5. The number of rotatable bonds is 38. The molecule has 1 atom stereocenters. The van der Waals surface area contributed by atoms with Gasteiger partial charge in [-0.3, -0.25) is 14.4 Å². The molecule has 0 saturated heterocycles. The fraction of sp³-hybridized carbons (Fsp3) is 0.717. The summed E-state index contributed by atoms with van der Waals surface area (Å²) < 4.78 is 5.86. The van der Waals surface area contributed by atoms with E-state index >= 15 is 0 Å². The molecule has 6 nitrogen and oxygen atoms in total. The maximum Gasteiger partial charge on any atom is 0.322 e. The lowest BCUT2D eigenvalue weighted by atomic mass is 10.1. The molecule has 0 rings (SSSR count). The number of hydrogen-bond acceptors (Lipinski definition) is 4. The van der Waals surface area contributed by atoms with Crippen molar-refractivity contribution in [2.75, 3.05) is 6.54 Å². The fourth-order valence-corrected chi connectivity index (χ4v) is 6.01. The predicted octanol–water partition coefficient (Wildman–Crippen LogP) is 13.2. The SMILES string of the molecule is CC/C=C\C/C=C\C/C=C\C/C=C\C(CCCCCC(=O)NCC(=O)O)OC(=O)CCCCCCCCCCC/C=C\CCCCCCCCCC. The van der Waals surface area contributed by atoms with E-state index < -0.39 is 5.97 Å². The van der Waals surface area contributed by atoms with Crippen molar-refractivity contribution in [2.45, 2.75) is 206 Å². The van der Waals surface area contributed by atoms with Crippen LogP contribution in [0, 0.1) is 0 Å². The van der Waals surface area contributed by atoms with Crippen LogP contribution in [0.25, 0.3) is 0 Å². The van der Waals surface area contributed by atoms with Crippen LogP contribution in [0.2, 0.25) is 0 Å². The van der Waals surface area contributed by atoms with Gasteiger partial charge in [-0.1, -0.05) is 165 Å². The lowest BCUT2D eigenvalue weighted by molar-refractivity contribution is -0.147. The largest absolute Gasteiger partial charge is 0.480 e. The number of carboxylic acids is 1. The molecule has 0 saturated carbocycles. The summed E-state index contributed by atoms with van der Waals surface area (Å²) in [5.74, 6) is -1.42. The Morgan fingerprint density at radius 3 is 1.54 bits per heavy atom. The third kappa shape index (κ3) is 39.9. The third-order valence-corrected chi connectivity index (χ3v) is 9.16. The van der Waals surface area contributed by atoms with Gasteiger partial charge in [0, 0.05) is 12.8 Å². The summed E-state index contributed by atoms with van der Waals surface area (Å²) in [4.78, 5) is 35.1. The first-order chi connectivity index (χ1) is 25.5. The number of esters is 1. The Kier molecular flexibility index (Phi) is 38.6. The molecule has 0 heterocycles. The minimum Gasteiger partial charge on any atom is -0.480 e. The summed E-state index contributed by atoms with van der Waals surface area (Å²) in [6.07, 6.45) is 53.7. The average Bonchev–Trinajstić information content (AvgIpc) is 3.13. The molecule has 6 heteroatoms.